The summed E-state index contributed by atoms with van der Waals surface area (Å²) < 4.78 is 2.81. The molecule has 2 N–H and O–H groups in total. The van der Waals surface area contributed by atoms with Crippen LogP contribution in [0.4, 0.5) is 0 Å². The number of hydrogen-bond acceptors (Lipinski definition) is 6. The van der Waals surface area contributed by atoms with Crippen molar-refractivity contribution in [3.05, 3.63) is 153 Å². The Morgan fingerprint density at radius 1 is 0.500 bits per heavy atom. The average molecular weight is 621 g/mol. The van der Waals surface area contributed by atoms with Gasteiger partial charge in [-0.05, 0) is 62.4 Å². The van der Waals surface area contributed by atoms with Gasteiger partial charge in [0.1, 0.15) is 21.2 Å². The van der Waals surface area contributed by atoms with Gasteiger partial charge in [-0.3, -0.25) is 29.4 Å². The van der Waals surface area contributed by atoms with E-state index < -0.39 is 0 Å². The molecule has 220 valence electrons. The smallest absolute Gasteiger partial charge is 0.283 e. The third kappa shape index (κ3) is 6.94. The van der Waals surface area contributed by atoms with Gasteiger partial charge in [-0.1, -0.05) is 96.3 Å². The summed E-state index contributed by atoms with van der Waals surface area (Å²) in [5.41, 5.74) is 1.15. The fourth-order valence-electron chi connectivity index (χ4n) is 4.33. The van der Waals surface area contributed by atoms with Crippen LogP contribution in [0.3, 0.4) is 0 Å². The predicted molar refractivity (Wildman–Crippen MR) is 174 cm³/mol. The normalized spacial score (nSPS) is 10.6. The van der Waals surface area contributed by atoms with Crippen molar-refractivity contribution < 1.29 is 9.59 Å². The molecule has 44 heavy (non-hydrogen) atoms. The molecule has 0 aliphatic rings. The second-order valence-electron chi connectivity index (χ2n) is 9.53. The van der Waals surface area contributed by atoms with E-state index in [2.05, 4.69) is 10.2 Å². The molecule has 0 fully saturated rings. The first-order valence-electron chi connectivity index (χ1n) is 13.6. The molecule has 0 aliphatic carbocycles. The van der Waals surface area contributed by atoms with Crippen LogP contribution in [0.25, 0.3) is 11.4 Å². The Morgan fingerprint density at radius 2 is 0.795 bits per heavy atom. The van der Waals surface area contributed by atoms with Gasteiger partial charge in [0, 0.05) is 9.79 Å². The minimum atomic E-state index is -0.322. The lowest BCUT2D eigenvalue weighted by Crippen LogP contribution is -2.19. The SMILES string of the molecule is CC(=O)c1c(Sc2ccccc2)[nH]n(-c2ccccc2)c1=O.CC(=O)c1c(Sc2ccccc2)[nH]n(-c2ccccc2)c1=O. The number of aromatic amines is 2. The van der Waals surface area contributed by atoms with E-state index in [0.29, 0.717) is 21.4 Å². The van der Waals surface area contributed by atoms with Gasteiger partial charge in [-0.2, -0.15) is 0 Å². The van der Waals surface area contributed by atoms with E-state index in [-0.39, 0.29) is 33.8 Å². The quantitative estimate of drug-likeness (QED) is 0.177. The summed E-state index contributed by atoms with van der Waals surface area (Å²) >= 11 is 2.75. The Kier molecular flexibility index (Phi) is 9.63. The maximum Gasteiger partial charge on any atom is 0.283 e. The van der Waals surface area contributed by atoms with Gasteiger partial charge < -0.3 is 0 Å². The van der Waals surface area contributed by atoms with Crippen LogP contribution in [-0.2, 0) is 0 Å². The first-order chi connectivity index (χ1) is 21.3. The number of H-pyrrole nitrogens is 2. The van der Waals surface area contributed by atoms with E-state index in [1.165, 1.54) is 46.7 Å². The third-order valence-electron chi connectivity index (χ3n) is 6.37. The summed E-state index contributed by atoms with van der Waals surface area (Å²) in [6, 6.07) is 37.7. The molecule has 0 saturated heterocycles. The van der Waals surface area contributed by atoms with Crippen molar-refractivity contribution in [1.82, 2.24) is 19.6 Å². The highest BCUT2D eigenvalue weighted by molar-refractivity contribution is 7.99. The molecule has 6 aromatic rings. The second kappa shape index (κ2) is 13.9. The lowest BCUT2D eigenvalue weighted by atomic mass is 10.2. The zero-order valence-electron chi connectivity index (χ0n) is 23.9. The predicted octanol–water partition coefficient (Wildman–Crippen LogP) is 7.04. The lowest BCUT2D eigenvalue weighted by molar-refractivity contribution is 0.100. The molecule has 10 heteroatoms. The van der Waals surface area contributed by atoms with E-state index in [4.69, 9.17) is 0 Å². The molecular formula is C34H28N4O4S2. The highest BCUT2D eigenvalue weighted by Crippen LogP contribution is 2.29. The second-order valence-corrected chi connectivity index (χ2v) is 11.7. The molecule has 0 aliphatic heterocycles. The van der Waals surface area contributed by atoms with Crippen LogP contribution in [0.2, 0.25) is 0 Å². The minimum Gasteiger partial charge on any atom is -0.294 e. The average Bonchev–Trinajstić information content (AvgIpc) is 3.54. The van der Waals surface area contributed by atoms with Gasteiger partial charge in [0.25, 0.3) is 11.1 Å². The monoisotopic (exact) mass is 620 g/mol. The molecule has 6 rings (SSSR count). The number of ketones is 2. The number of aromatic nitrogens is 4. The molecule has 0 bridgehead atoms. The van der Waals surface area contributed by atoms with E-state index in [1.807, 2.05) is 121 Å². The van der Waals surface area contributed by atoms with Crippen LogP contribution in [0.1, 0.15) is 34.6 Å². The number of para-hydroxylation sites is 2. The van der Waals surface area contributed by atoms with Crippen molar-refractivity contribution in [3.8, 4) is 11.4 Å². The molecule has 0 radical (unpaired) electrons. The summed E-state index contributed by atoms with van der Waals surface area (Å²) in [6.45, 7) is 2.82. The van der Waals surface area contributed by atoms with Crippen molar-refractivity contribution in [3.63, 3.8) is 0 Å². The number of rotatable bonds is 8. The molecule has 0 unspecified atom stereocenters. The van der Waals surface area contributed by atoms with E-state index in [1.54, 1.807) is 0 Å². The molecule has 2 aromatic heterocycles. The van der Waals surface area contributed by atoms with Gasteiger partial charge in [-0.15, -0.1) is 0 Å². The molecule has 2 heterocycles. The minimum absolute atomic E-state index is 0.192. The van der Waals surface area contributed by atoms with E-state index in [9.17, 15) is 19.2 Å². The van der Waals surface area contributed by atoms with Gasteiger partial charge >= 0.3 is 0 Å². The zero-order chi connectivity index (χ0) is 31.1. The lowest BCUT2D eigenvalue weighted by Gasteiger charge is -2.01. The van der Waals surface area contributed by atoms with E-state index in [0.717, 1.165) is 9.79 Å². The molecule has 0 saturated carbocycles. The van der Waals surface area contributed by atoms with Gasteiger partial charge in [0.2, 0.25) is 0 Å². The van der Waals surface area contributed by atoms with Crippen LogP contribution in [-0.4, -0.2) is 31.1 Å². The number of benzene rings is 4. The summed E-state index contributed by atoms with van der Waals surface area (Å²) in [5.74, 6) is -0.483. The summed E-state index contributed by atoms with van der Waals surface area (Å²) in [7, 11) is 0. The van der Waals surface area contributed by atoms with Crippen LogP contribution in [0.5, 0.6) is 0 Å². The van der Waals surface area contributed by atoms with Crippen LogP contribution in [0, 0.1) is 0 Å². The fourth-order valence-corrected chi connectivity index (χ4v) is 6.33. The Balaban J connectivity index is 0.000000175. The van der Waals surface area contributed by atoms with Crippen LogP contribution < -0.4 is 11.1 Å². The summed E-state index contributed by atoms with van der Waals surface area (Å²) in [6.07, 6.45) is 0. The van der Waals surface area contributed by atoms with Crippen LogP contribution >= 0.6 is 23.5 Å². The highest BCUT2D eigenvalue weighted by atomic mass is 32.2. The van der Waals surface area contributed by atoms with Crippen LogP contribution in [0.15, 0.2) is 151 Å². The first kappa shape index (κ1) is 30.4. The van der Waals surface area contributed by atoms with Crippen molar-refractivity contribution >= 4 is 35.1 Å². The van der Waals surface area contributed by atoms with E-state index >= 15 is 0 Å². The van der Waals surface area contributed by atoms with Crippen molar-refractivity contribution in [2.45, 2.75) is 33.7 Å². The van der Waals surface area contributed by atoms with Gasteiger partial charge in [-0.25, -0.2) is 9.36 Å². The summed E-state index contributed by atoms with van der Waals surface area (Å²) in [5, 5.41) is 7.21. The molecule has 0 spiro atoms. The Morgan fingerprint density at radius 3 is 1.09 bits per heavy atom. The number of Topliss-reactive ketones (excluding diaryl/α,β-unsaturated/α-hetero) is 2. The van der Waals surface area contributed by atoms with Crippen molar-refractivity contribution in [2.24, 2.45) is 0 Å². The fraction of sp³-hybridized carbons (Fsp3) is 0.0588. The number of nitrogens with one attached hydrogen (secondary N) is 2. The largest absolute Gasteiger partial charge is 0.294 e. The Labute approximate surface area is 261 Å². The zero-order valence-corrected chi connectivity index (χ0v) is 25.5. The highest BCUT2D eigenvalue weighted by Gasteiger charge is 2.21. The standard InChI is InChI=1S/2C17H14N2O2S/c2*1-12(20)15-16(22-14-10-6-3-7-11-14)18-19(17(15)21)13-8-4-2-5-9-13/h2*2-11,18H,1H3. The molecular weight excluding hydrogens is 593 g/mol. The molecule has 0 atom stereocenters. The van der Waals surface area contributed by atoms with Gasteiger partial charge in [0.05, 0.1) is 11.4 Å². The van der Waals surface area contributed by atoms with Gasteiger partial charge in [0.15, 0.2) is 11.6 Å². The Hall–Kier alpha value is -5.06. The maximum absolute atomic E-state index is 12.5. The molecule has 4 aromatic carbocycles. The number of carbonyl (C=O) groups excluding carboxylic acids is 2. The van der Waals surface area contributed by atoms with Crippen molar-refractivity contribution in [2.75, 3.05) is 0 Å². The van der Waals surface area contributed by atoms with Crippen molar-refractivity contribution in [1.29, 1.82) is 0 Å². The topological polar surface area (TPSA) is 110 Å². The maximum atomic E-state index is 12.5. The summed E-state index contributed by atoms with van der Waals surface area (Å²) in [4.78, 5) is 50.7. The Bertz CT molecular complexity index is 1850. The first-order valence-corrected chi connectivity index (χ1v) is 15.3. The number of carbonyl (C=O) groups is 2. The third-order valence-corrected chi connectivity index (χ3v) is 8.39. The molecule has 0 amide bonds. The molecule has 8 nitrogen and oxygen atoms in total. The number of nitrogens with zero attached hydrogens (tertiary/aromatic N) is 2. The number of hydrogen-bond donors (Lipinski definition) is 2.